The smallest absolute Gasteiger partial charge is 0.278 e. The van der Waals surface area contributed by atoms with Gasteiger partial charge in [0.25, 0.3) is 15.1 Å². The number of fused-ring (bicyclic) bond motifs is 1. The highest BCUT2D eigenvalue weighted by Gasteiger charge is 2.31. The molecule has 3 rings (SSSR count). The van der Waals surface area contributed by atoms with Crippen molar-refractivity contribution in [2.45, 2.75) is 25.0 Å². The molecule has 0 aliphatic heterocycles. The first kappa shape index (κ1) is 18.3. The molecule has 0 radical (unpaired) electrons. The van der Waals surface area contributed by atoms with Gasteiger partial charge in [0.1, 0.15) is 10.6 Å². The molecule has 0 aliphatic rings. The summed E-state index contributed by atoms with van der Waals surface area (Å²) < 4.78 is 33.2. The van der Waals surface area contributed by atoms with E-state index in [4.69, 9.17) is 27.6 Å². The van der Waals surface area contributed by atoms with Gasteiger partial charge in [0.05, 0.1) is 0 Å². The first-order valence-electron chi connectivity index (χ1n) is 7.85. The Morgan fingerprint density at radius 2 is 1.80 bits per heavy atom. The molecule has 132 valence electrons. The third-order valence-corrected chi connectivity index (χ3v) is 6.28. The highest BCUT2D eigenvalue weighted by atomic mass is 35.5. The Hall–Kier alpha value is -1.53. The van der Waals surface area contributed by atoms with Crippen molar-refractivity contribution in [3.63, 3.8) is 0 Å². The minimum Gasteiger partial charge on any atom is -0.442 e. The lowest BCUT2D eigenvalue weighted by Crippen LogP contribution is -2.31. The van der Waals surface area contributed by atoms with Crippen LogP contribution in [0.1, 0.15) is 18.9 Å². The van der Waals surface area contributed by atoms with E-state index in [-0.39, 0.29) is 16.7 Å². The highest BCUT2D eigenvalue weighted by Crippen LogP contribution is 2.36. The maximum Gasteiger partial charge on any atom is 0.278 e. The van der Waals surface area contributed by atoms with E-state index in [1.807, 2.05) is 37.3 Å². The second-order valence-electron chi connectivity index (χ2n) is 5.67. The van der Waals surface area contributed by atoms with Crippen LogP contribution >= 0.6 is 23.2 Å². The van der Waals surface area contributed by atoms with E-state index in [0.29, 0.717) is 29.0 Å². The molecular weight excluding hydrogens is 381 g/mol. The maximum atomic E-state index is 13.1. The fraction of sp³-hybridized carbons (Fsp3) is 0.222. The van der Waals surface area contributed by atoms with E-state index in [1.165, 1.54) is 4.31 Å². The predicted molar refractivity (Wildman–Crippen MR) is 101 cm³/mol. The molecule has 0 fully saturated rings. The fourth-order valence-electron chi connectivity index (χ4n) is 2.62. The van der Waals surface area contributed by atoms with E-state index in [0.717, 1.165) is 5.56 Å². The Morgan fingerprint density at radius 3 is 2.48 bits per heavy atom. The monoisotopic (exact) mass is 397 g/mol. The van der Waals surface area contributed by atoms with Crippen molar-refractivity contribution in [1.29, 1.82) is 0 Å². The number of benzene rings is 2. The molecule has 2 aromatic carbocycles. The molecule has 7 heteroatoms. The number of sulfonamides is 1. The van der Waals surface area contributed by atoms with Crippen LogP contribution in [0.4, 0.5) is 0 Å². The van der Waals surface area contributed by atoms with Crippen LogP contribution in [-0.2, 0) is 16.6 Å². The van der Waals surface area contributed by atoms with Crippen LogP contribution in [0, 0.1) is 0 Å². The normalized spacial score (nSPS) is 12.2. The summed E-state index contributed by atoms with van der Waals surface area (Å²) in [4.78, 5) is 0. The van der Waals surface area contributed by atoms with Crippen LogP contribution in [0.2, 0.25) is 10.0 Å². The van der Waals surface area contributed by atoms with Gasteiger partial charge in [-0.25, -0.2) is 8.42 Å². The summed E-state index contributed by atoms with van der Waals surface area (Å²) >= 11 is 12.3. The standard InChI is InChI=1S/C18H17Cl2NO3S/c1-2-10-21(12-13-6-4-3-5-7-13)25(22,23)18-17(20)15-11-14(19)8-9-16(15)24-18/h3-9,11H,2,10,12H2,1H3. The second kappa shape index (κ2) is 7.38. The van der Waals surface area contributed by atoms with Crippen molar-refractivity contribution >= 4 is 44.2 Å². The first-order chi connectivity index (χ1) is 11.9. The number of nitrogens with zero attached hydrogens (tertiary/aromatic N) is 1. The lowest BCUT2D eigenvalue weighted by molar-refractivity contribution is 0.382. The Balaban J connectivity index is 2.04. The average molecular weight is 398 g/mol. The van der Waals surface area contributed by atoms with Crippen molar-refractivity contribution < 1.29 is 12.8 Å². The van der Waals surface area contributed by atoms with Crippen molar-refractivity contribution in [1.82, 2.24) is 4.31 Å². The zero-order valence-electron chi connectivity index (χ0n) is 13.6. The van der Waals surface area contributed by atoms with Gasteiger partial charge in [-0.3, -0.25) is 0 Å². The Kier molecular flexibility index (Phi) is 5.39. The zero-order valence-corrected chi connectivity index (χ0v) is 15.9. The summed E-state index contributed by atoms with van der Waals surface area (Å²) in [7, 11) is -3.88. The molecule has 0 bridgehead atoms. The molecule has 0 saturated carbocycles. The Bertz CT molecular complexity index is 984. The molecule has 0 aliphatic carbocycles. The SMILES string of the molecule is CCCN(Cc1ccccc1)S(=O)(=O)c1oc2ccc(Cl)cc2c1Cl. The van der Waals surface area contributed by atoms with Crippen LogP contribution < -0.4 is 0 Å². The van der Waals surface area contributed by atoms with Crippen LogP contribution in [0.5, 0.6) is 0 Å². The van der Waals surface area contributed by atoms with E-state index < -0.39 is 10.0 Å². The van der Waals surface area contributed by atoms with E-state index >= 15 is 0 Å². The molecule has 0 spiro atoms. The van der Waals surface area contributed by atoms with Gasteiger partial charge in [0.15, 0.2) is 0 Å². The molecule has 1 aromatic heterocycles. The van der Waals surface area contributed by atoms with Gasteiger partial charge in [0, 0.05) is 23.5 Å². The van der Waals surface area contributed by atoms with Gasteiger partial charge in [0.2, 0.25) is 0 Å². The summed E-state index contributed by atoms with van der Waals surface area (Å²) in [6.07, 6.45) is 0.676. The van der Waals surface area contributed by atoms with Crippen molar-refractivity contribution in [2.24, 2.45) is 0 Å². The van der Waals surface area contributed by atoms with Crippen molar-refractivity contribution in [2.75, 3.05) is 6.54 Å². The Labute approximate surface area is 157 Å². The minimum absolute atomic E-state index is 0.0617. The summed E-state index contributed by atoms with van der Waals surface area (Å²) in [5.41, 5.74) is 1.29. The van der Waals surface area contributed by atoms with Gasteiger partial charge in [-0.2, -0.15) is 4.31 Å². The van der Waals surface area contributed by atoms with Crippen LogP contribution in [0.15, 0.2) is 58.0 Å². The molecule has 0 amide bonds. The predicted octanol–water partition coefficient (Wildman–Crippen LogP) is 5.34. The van der Waals surface area contributed by atoms with Crippen LogP contribution in [-0.4, -0.2) is 19.3 Å². The maximum absolute atomic E-state index is 13.1. The summed E-state index contributed by atoms with van der Waals surface area (Å²) in [5, 5.41) is 0.778. The van der Waals surface area contributed by atoms with Gasteiger partial charge in [-0.1, -0.05) is 60.5 Å². The molecule has 25 heavy (non-hydrogen) atoms. The number of rotatable bonds is 6. The third kappa shape index (κ3) is 3.70. The molecule has 3 aromatic rings. The van der Waals surface area contributed by atoms with Crippen molar-refractivity contribution in [3.05, 3.63) is 64.1 Å². The lowest BCUT2D eigenvalue weighted by atomic mass is 10.2. The third-order valence-electron chi connectivity index (χ3n) is 3.81. The largest absolute Gasteiger partial charge is 0.442 e. The van der Waals surface area contributed by atoms with Crippen molar-refractivity contribution in [3.8, 4) is 0 Å². The second-order valence-corrected chi connectivity index (χ2v) is 8.32. The summed E-state index contributed by atoms with van der Waals surface area (Å²) in [5.74, 6) is 0. The zero-order chi connectivity index (χ0) is 18.0. The molecule has 0 N–H and O–H groups in total. The molecule has 1 heterocycles. The fourth-order valence-corrected chi connectivity index (χ4v) is 4.78. The highest BCUT2D eigenvalue weighted by molar-refractivity contribution is 7.89. The van der Waals surface area contributed by atoms with Gasteiger partial charge in [-0.05, 0) is 30.2 Å². The van der Waals surface area contributed by atoms with Gasteiger partial charge < -0.3 is 4.42 Å². The molecule has 4 nitrogen and oxygen atoms in total. The summed E-state index contributed by atoms with van der Waals surface area (Å²) in [6.45, 7) is 2.55. The average Bonchev–Trinajstić information content (AvgIpc) is 2.93. The van der Waals surface area contributed by atoms with E-state index in [1.54, 1.807) is 18.2 Å². The van der Waals surface area contributed by atoms with Crippen LogP contribution in [0.25, 0.3) is 11.0 Å². The molecule has 0 atom stereocenters. The number of furan rings is 1. The minimum atomic E-state index is -3.88. The molecular formula is C18H17Cl2NO3S. The number of hydrogen-bond donors (Lipinski definition) is 0. The van der Waals surface area contributed by atoms with Crippen LogP contribution in [0.3, 0.4) is 0 Å². The van der Waals surface area contributed by atoms with E-state index in [9.17, 15) is 8.42 Å². The Morgan fingerprint density at radius 1 is 1.08 bits per heavy atom. The van der Waals surface area contributed by atoms with Gasteiger partial charge in [-0.15, -0.1) is 0 Å². The van der Waals surface area contributed by atoms with Gasteiger partial charge >= 0.3 is 0 Å². The number of halogens is 2. The molecule has 0 saturated heterocycles. The first-order valence-corrected chi connectivity index (χ1v) is 10.0. The lowest BCUT2D eigenvalue weighted by Gasteiger charge is -2.20. The quantitative estimate of drug-likeness (QED) is 0.563. The molecule has 0 unspecified atom stereocenters. The topological polar surface area (TPSA) is 50.5 Å². The van der Waals surface area contributed by atoms with E-state index in [2.05, 4.69) is 0 Å². The summed E-state index contributed by atoms with van der Waals surface area (Å²) in [6, 6.07) is 14.3. The number of hydrogen-bond acceptors (Lipinski definition) is 3.